The maximum absolute atomic E-state index is 15.1. The fourth-order valence-corrected chi connectivity index (χ4v) is 8.62. The fraction of sp³-hybridized carbons (Fsp3) is 0.400. The van der Waals surface area contributed by atoms with Crippen LogP contribution in [0.3, 0.4) is 0 Å². The zero-order chi connectivity index (χ0) is 34.1. The summed E-state index contributed by atoms with van der Waals surface area (Å²) in [5, 5.41) is 12.9. The number of rotatable bonds is 8. The number of hydrogen-bond acceptors (Lipinski definition) is 9. The Morgan fingerprint density at radius 2 is 1.62 bits per heavy atom. The van der Waals surface area contributed by atoms with Gasteiger partial charge in [-0.05, 0) is 63.2 Å². The fourth-order valence-electron chi connectivity index (χ4n) is 7.00. The number of hydrogen-bond donors (Lipinski definition) is 1. The molecule has 3 aliphatic rings. The Hall–Kier alpha value is -4.64. The summed E-state index contributed by atoms with van der Waals surface area (Å²) in [5.74, 6) is -0.571. The molecular formula is C35H40N6O6S. The number of benzene rings is 3. The summed E-state index contributed by atoms with van der Waals surface area (Å²) in [6.45, 7) is 6.95. The Bertz CT molecular complexity index is 1850. The number of nitrogens with zero attached hydrogens (tertiary/aromatic N) is 5. The maximum atomic E-state index is 15.1. The van der Waals surface area contributed by atoms with E-state index in [-0.39, 0.29) is 39.6 Å². The lowest BCUT2D eigenvalue weighted by Gasteiger charge is -2.42. The number of likely N-dealkylation sites (N-methyl/N-ethyl adjacent to an activating group) is 1. The number of para-hydroxylation sites is 2. The standard InChI is InChI=1S/C35H40N6O6S/c1-4-47-30-10-6-5-9-27(30)35(37-34(43)40-17-15-26(16-18-40)39-21-19-38(2)20-22-39)28-23-25(24-36)13-14-29(28)41(33(35)42)48(44,45)32-12-8-7-11-31(32)46-3/h5-14,23,26H,4,15-22H2,1-3H3,(H,37,43). The van der Waals surface area contributed by atoms with E-state index in [4.69, 9.17) is 9.47 Å². The lowest BCUT2D eigenvalue weighted by Crippen LogP contribution is -2.59. The summed E-state index contributed by atoms with van der Waals surface area (Å²) in [5.41, 5.74) is -1.43. The van der Waals surface area contributed by atoms with Crippen LogP contribution in [-0.2, 0) is 20.4 Å². The number of carbonyl (C=O) groups excluding carboxylic acids is 2. The van der Waals surface area contributed by atoms with Crippen LogP contribution < -0.4 is 19.1 Å². The van der Waals surface area contributed by atoms with Gasteiger partial charge in [0.05, 0.1) is 31.0 Å². The number of piperazine rings is 1. The van der Waals surface area contributed by atoms with Crippen molar-refractivity contribution in [2.75, 3.05) is 64.3 Å². The second-order valence-electron chi connectivity index (χ2n) is 12.2. The van der Waals surface area contributed by atoms with E-state index >= 15 is 4.79 Å². The first-order chi connectivity index (χ1) is 23.1. The predicted octanol–water partition coefficient (Wildman–Crippen LogP) is 3.37. The summed E-state index contributed by atoms with van der Waals surface area (Å²) in [6, 6.07) is 19.1. The summed E-state index contributed by atoms with van der Waals surface area (Å²) < 4.78 is 41.0. The number of amides is 3. The summed E-state index contributed by atoms with van der Waals surface area (Å²) in [4.78, 5) is 35.6. The van der Waals surface area contributed by atoms with Gasteiger partial charge >= 0.3 is 6.03 Å². The highest BCUT2D eigenvalue weighted by Crippen LogP contribution is 2.50. The molecule has 48 heavy (non-hydrogen) atoms. The number of ether oxygens (including phenoxy) is 2. The molecule has 3 heterocycles. The number of nitriles is 1. The Balaban J connectivity index is 1.45. The molecule has 13 heteroatoms. The van der Waals surface area contributed by atoms with Crippen molar-refractivity contribution < 1.29 is 27.5 Å². The molecule has 1 unspecified atom stereocenters. The third-order valence-electron chi connectivity index (χ3n) is 9.53. The van der Waals surface area contributed by atoms with E-state index < -0.39 is 27.5 Å². The number of carbonyl (C=O) groups is 2. The minimum atomic E-state index is -4.59. The van der Waals surface area contributed by atoms with Gasteiger partial charge in [0.25, 0.3) is 15.9 Å². The molecule has 2 fully saturated rings. The molecule has 0 bridgehead atoms. The van der Waals surface area contributed by atoms with E-state index in [0.717, 1.165) is 39.0 Å². The van der Waals surface area contributed by atoms with Crippen LogP contribution >= 0.6 is 0 Å². The van der Waals surface area contributed by atoms with Crippen LogP contribution in [-0.4, -0.2) is 101 Å². The molecule has 2 saturated heterocycles. The van der Waals surface area contributed by atoms with E-state index in [1.54, 1.807) is 48.2 Å². The Morgan fingerprint density at radius 1 is 0.958 bits per heavy atom. The smallest absolute Gasteiger partial charge is 0.318 e. The van der Waals surface area contributed by atoms with Crippen molar-refractivity contribution in [3.05, 3.63) is 83.4 Å². The van der Waals surface area contributed by atoms with Crippen molar-refractivity contribution in [3.63, 3.8) is 0 Å². The summed E-state index contributed by atoms with van der Waals surface area (Å²) in [6.07, 6.45) is 1.55. The second kappa shape index (κ2) is 13.5. The number of likely N-dealkylation sites (tertiary alicyclic amines) is 1. The van der Waals surface area contributed by atoms with Crippen LogP contribution in [0.4, 0.5) is 10.5 Å². The highest BCUT2D eigenvalue weighted by Gasteiger charge is 2.59. The number of sulfonamides is 1. The quantitative estimate of drug-likeness (QED) is 0.382. The molecule has 3 aromatic rings. The minimum Gasteiger partial charge on any atom is -0.495 e. The number of methoxy groups -OCH3 is 1. The topological polar surface area (TPSA) is 136 Å². The molecule has 252 valence electrons. The molecule has 6 rings (SSSR count). The van der Waals surface area contributed by atoms with E-state index in [1.807, 2.05) is 0 Å². The molecule has 3 aromatic carbocycles. The van der Waals surface area contributed by atoms with E-state index in [9.17, 15) is 18.5 Å². The highest BCUT2D eigenvalue weighted by atomic mass is 32.2. The molecule has 0 aromatic heterocycles. The molecular weight excluding hydrogens is 632 g/mol. The molecule has 12 nitrogen and oxygen atoms in total. The molecule has 0 aliphatic carbocycles. The van der Waals surface area contributed by atoms with Gasteiger partial charge in [-0.3, -0.25) is 9.69 Å². The van der Waals surface area contributed by atoms with Crippen molar-refractivity contribution in [2.45, 2.75) is 36.2 Å². The molecule has 1 N–H and O–H groups in total. The van der Waals surface area contributed by atoms with Gasteiger partial charge in [-0.1, -0.05) is 30.3 Å². The predicted molar refractivity (Wildman–Crippen MR) is 179 cm³/mol. The van der Waals surface area contributed by atoms with Gasteiger partial charge < -0.3 is 24.6 Å². The first-order valence-corrected chi connectivity index (χ1v) is 17.6. The first-order valence-electron chi connectivity index (χ1n) is 16.1. The highest BCUT2D eigenvalue weighted by molar-refractivity contribution is 7.93. The monoisotopic (exact) mass is 672 g/mol. The number of fused-ring (bicyclic) bond motifs is 1. The molecule has 0 spiro atoms. The Kier molecular flexibility index (Phi) is 9.33. The number of piperidine rings is 1. The van der Waals surface area contributed by atoms with Gasteiger partial charge in [-0.2, -0.15) is 9.57 Å². The van der Waals surface area contributed by atoms with Crippen LogP contribution in [0.1, 0.15) is 36.5 Å². The van der Waals surface area contributed by atoms with Crippen LogP contribution in [0.5, 0.6) is 11.5 Å². The van der Waals surface area contributed by atoms with Crippen molar-refractivity contribution in [2.24, 2.45) is 0 Å². The first kappa shape index (κ1) is 33.3. The number of anilines is 1. The molecule has 3 aliphatic heterocycles. The number of urea groups is 1. The third kappa shape index (κ3) is 5.74. The van der Waals surface area contributed by atoms with Crippen molar-refractivity contribution in [3.8, 4) is 17.6 Å². The van der Waals surface area contributed by atoms with E-state index in [0.29, 0.717) is 29.2 Å². The Morgan fingerprint density at radius 3 is 2.29 bits per heavy atom. The van der Waals surface area contributed by atoms with Crippen molar-refractivity contribution >= 4 is 27.6 Å². The van der Waals surface area contributed by atoms with Gasteiger partial charge in [-0.25, -0.2) is 13.2 Å². The van der Waals surface area contributed by atoms with Crippen LogP contribution in [0.15, 0.2) is 71.6 Å². The molecule has 0 saturated carbocycles. The molecule has 0 radical (unpaired) electrons. The number of nitrogens with one attached hydrogen (secondary N) is 1. The van der Waals surface area contributed by atoms with Crippen molar-refractivity contribution in [1.29, 1.82) is 5.26 Å². The van der Waals surface area contributed by atoms with Crippen LogP contribution in [0, 0.1) is 11.3 Å². The van der Waals surface area contributed by atoms with Crippen LogP contribution in [0.2, 0.25) is 0 Å². The molecule has 1 atom stereocenters. The third-order valence-corrected chi connectivity index (χ3v) is 11.3. The van der Waals surface area contributed by atoms with Gasteiger partial charge in [0.2, 0.25) is 0 Å². The lowest BCUT2D eigenvalue weighted by atomic mass is 9.82. The SMILES string of the molecule is CCOc1ccccc1C1(NC(=O)N2CCC(N3CCN(C)CC3)CC2)C(=O)N(S(=O)(=O)c2ccccc2OC)c2ccc(C#N)cc21. The Labute approximate surface area is 281 Å². The largest absolute Gasteiger partial charge is 0.495 e. The van der Waals surface area contributed by atoms with E-state index in [1.165, 1.54) is 37.4 Å². The summed E-state index contributed by atoms with van der Waals surface area (Å²) >= 11 is 0. The molecule has 3 amide bonds. The average molecular weight is 673 g/mol. The minimum absolute atomic E-state index is 0.0188. The van der Waals surface area contributed by atoms with E-state index in [2.05, 4.69) is 28.2 Å². The van der Waals surface area contributed by atoms with Crippen molar-refractivity contribution in [1.82, 2.24) is 20.0 Å². The van der Waals surface area contributed by atoms with Crippen LogP contribution in [0.25, 0.3) is 0 Å². The summed E-state index contributed by atoms with van der Waals surface area (Å²) in [7, 11) is -1.12. The second-order valence-corrected chi connectivity index (χ2v) is 14.0. The normalized spacial score (nSPS) is 20.7. The maximum Gasteiger partial charge on any atom is 0.318 e. The average Bonchev–Trinajstić information content (AvgIpc) is 3.36. The lowest BCUT2D eigenvalue weighted by molar-refractivity contribution is -0.121. The van der Waals surface area contributed by atoms with Gasteiger partial charge in [-0.15, -0.1) is 0 Å². The van der Waals surface area contributed by atoms with Gasteiger partial charge in [0, 0.05) is 56.4 Å². The van der Waals surface area contributed by atoms with Gasteiger partial charge in [0.15, 0.2) is 5.54 Å². The van der Waals surface area contributed by atoms with Gasteiger partial charge in [0.1, 0.15) is 16.4 Å². The zero-order valence-electron chi connectivity index (χ0n) is 27.4. The zero-order valence-corrected chi connectivity index (χ0v) is 28.2.